The fourth-order valence-electron chi connectivity index (χ4n) is 4.36. The van der Waals surface area contributed by atoms with Gasteiger partial charge >= 0.3 is 0 Å². The van der Waals surface area contributed by atoms with E-state index in [-0.39, 0.29) is 17.2 Å². The molecular weight excluding hydrogens is 326 g/mol. The third kappa shape index (κ3) is 4.08. The number of aryl methyl sites for hydroxylation is 1. The van der Waals surface area contributed by atoms with Crippen LogP contribution in [0.1, 0.15) is 68.4 Å². The maximum atomic E-state index is 13.0. The van der Waals surface area contributed by atoms with Gasteiger partial charge in [0.05, 0.1) is 0 Å². The highest BCUT2D eigenvalue weighted by molar-refractivity contribution is 5.94. The van der Waals surface area contributed by atoms with E-state index in [1.807, 2.05) is 21.9 Å². The number of likely N-dealkylation sites (tertiary alicyclic amines) is 2. The molecule has 26 heavy (non-hydrogen) atoms. The zero-order valence-corrected chi connectivity index (χ0v) is 16.2. The van der Waals surface area contributed by atoms with Crippen molar-refractivity contribution in [2.45, 2.75) is 58.8 Å². The van der Waals surface area contributed by atoms with Gasteiger partial charge < -0.3 is 9.80 Å². The zero-order chi connectivity index (χ0) is 18.6. The largest absolute Gasteiger partial charge is 0.342 e. The SMILES string of the molecule is CCCCN1CC2(CCCN(C(=O)c3ccnc(CC)c3)C2)CCC1=O. The standard InChI is InChI=1S/C21H31N3O2/c1-3-5-12-23-15-21(10-7-19(23)25)9-6-13-24(16-21)20(26)17-8-11-22-18(4-2)14-17/h8,11,14H,3-7,9-10,12-13,15-16H2,1-2H3. The predicted octanol–water partition coefficient (Wildman–Crippen LogP) is 3.29. The van der Waals surface area contributed by atoms with Crippen molar-refractivity contribution in [3.8, 4) is 0 Å². The van der Waals surface area contributed by atoms with Crippen LogP contribution in [-0.4, -0.2) is 52.8 Å². The van der Waals surface area contributed by atoms with Gasteiger partial charge in [0.15, 0.2) is 0 Å². The van der Waals surface area contributed by atoms with Crippen LogP contribution in [0.25, 0.3) is 0 Å². The van der Waals surface area contributed by atoms with E-state index in [9.17, 15) is 9.59 Å². The van der Waals surface area contributed by atoms with Crippen LogP contribution < -0.4 is 0 Å². The van der Waals surface area contributed by atoms with Crippen molar-refractivity contribution in [3.63, 3.8) is 0 Å². The molecule has 2 amide bonds. The summed E-state index contributed by atoms with van der Waals surface area (Å²) in [4.78, 5) is 33.7. The van der Waals surface area contributed by atoms with E-state index in [0.717, 1.165) is 76.0 Å². The second-order valence-corrected chi connectivity index (χ2v) is 7.89. The molecule has 2 saturated heterocycles. The molecule has 0 aliphatic carbocycles. The molecule has 3 rings (SSSR count). The first-order chi connectivity index (χ1) is 12.6. The molecule has 3 heterocycles. The number of pyridine rings is 1. The van der Waals surface area contributed by atoms with E-state index in [1.165, 1.54) is 0 Å². The van der Waals surface area contributed by atoms with E-state index in [0.29, 0.717) is 6.42 Å². The second-order valence-electron chi connectivity index (χ2n) is 7.89. The number of carbonyl (C=O) groups excluding carboxylic acids is 2. The summed E-state index contributed by atoms with van der Waals surface area (Å²) in [7, 11) is 0. The minimum absolute atomic E-state index is 0.0795. The Morgan fingerprint density at radius 2 is 2.12 bits per heavy atom. The molecular formula is C21H31N3O2. The normalized spacial score (nSPS) is 23.5. The Kier molecular flexibility index (Phi) is 5.94. The molecule has 5 nitrogen and oxygen atoms in total. The number of hydrogen-bond acceptors (Lipinski definition) is 3. The van der Waals surface area contributed by atoms with Crippen molar-refractivity contribution in [3.05, 3.63) is 29.6 Å². The van der Waals surface area contributed by atoms with Crippen molar-refractivity contribution in [1.82, 2.24) is 14.8 Å². The minimum atomic E-state index is 0.0795. The van der Waals surface area contributed by atoms with Gasteiger partial charge in [-0.15, -0.1) is 0 Å². The molecule has 1 atom stereocenters. The van der Waals surface area contributed by atoms with Gasteiger partial charge in [-0.1, -0.05) is 20.3 Å². The molecule has 1 aromatic rings. The van der Waals surface area contributed by atoms with Crippen LogP contribution in [0.5, 0.6) is 0 Å². The summed E-state index contributed by atoms with van der Waals surface area (Å²) in [5.74, 6) is 0.396. The van der Waals surface area contributed by atoms with Gasteiger partial charge in [-0.25, -0.2) is 0 Å². The average molecular weight is 357 g/mol. The molecule has 0 radical (unpaired) electrons. The molecule has 142 valence electrons. The van der Waals surface area contributed by atoms with Crippen molar-refractivity contribution in [2.75, 3.05) is 26.2 Å². The lowest BCUT2D eigenvalue weighted by Crippen LogP contribution is -2.55. The number of hydrogen-bond donors (Lipinski definition) is 0. The highest BCUT2D eigenvalue weighted by Gasteiger charge is 2.42. The van der Waals surface area contributed by atoms with Crippen molar-refractivity contribution in [1.29, 1.82) is 0 Å². The quantitative estimate of drug-likeness (QED) is 0.812. The van der Waals surface area contributed by atoms with Crippen LogP contribution in [0.3, 0.4) is 0 Å². The molecule has 2 aliphatic rings. The molecule has 0 saturated carbocycles. The summed E-state index contributed by atoms with van der Waals surface area (Å²) in [5, 5.41) is 0. The van der Waals surface area contributed by atoms with E-state index in [2.05, 4.69) is 18.8 Å². The van der Waals surface area contributed by atoms with Crippen LogP contribution in [0.2, 0.25) is 0 Å². The first-order valence-electron chi connectivity index (χ1n) is 10.1. The number of nitrogens with zero attached hydrogens (tertiary/aromatic N) is 3. The Morgan fingerprint density at radius 1 is 1.27 bits per heavy atom. The summed E-state index contributed by atoms with van der Waals surface area (Å²) in [6.07, 6.45) is 8.40. The minimum Gasteiger partial charge on any atom is -0.342 e. The first kappa shape index (κ1) is 18.9. The molecule has 0 bridgehead atoms. The number of unbranched alkanes of at least 4 members (excludes halogenated alkanes) is 1. The summed E-state index contributed by atoms with van der Waals surface area (Å²) >= 11 is 0. The number of amides is 2. The number of aromatic nitrogens is 1. The molecule has 5 heteroatoms. The summed E-state index contributed by atoms with van der Waals surface area (Å²) < 4.78 is 0. The molecule has 0 N–H and O–H groups in total. The number of carbonyl (C=O) groups is 2. The Morgan fingerprint density at radius 3 is 2.88 bits per heavy atom. The van der Waals surface area contributed by atoms with Crippen LogP contribution in [-0.2, 0) is 11.2 Å². The molecule has 1 aromatic heterocycles. The fourth-order valence-corrected chi connectivity index (χ4v) is 4.36. The first-order valence-corrected chi connectivity index (χ1v) is 10.1. The van der Waals surface area contributed by atoms with E-state index < -0.39 is 0 Å². The Balaban J connectivity index is 1.71. The van der Waals surface area contributed by atoms with Crippen molar-refractivity contribution >= 4 is 11.8 Å². The predicted molar refractivity (Wildman–Crippen MR) is 102 cm³/mol. The second kappa shape index (κ2) is 8.19. The average Bonchev–Trinajstić information content (AvgIpc) is 2.68. The maximum Gasteiger partial charge on any atom is 0.253 e. The number of piperidine rings is 2. The lowest BCUT2D eigenvalue weighted by Gasteiger charge is -2.48. The van der Waals surface area contributed by atoms with Crippen LogP contribution in [0.15, 0.2) is 18.3 Å². The van der Waals surface area contributed by atoms with Crippen LogP contribution >= 0.6 is 0 Å². The van der Waals surface area contributed by atoms with E-state index in [4.69, 9.17) is 0 Å². The van der Waals surface area contributed by atoms with Crippen molar-refractivity contribution in [2.24, 2.45) is 5.41 Å². The van der Waals surface area contributed by atoms with Crippen LogP contribution in [0.4, 0.5) is 0 Å². The van der Waals surface area contributed by atoms with Gasteiger partial charge in [0, 0.05) is 55.5 Å². The monoisotopic (exact) mass is 357 g/mol. The van der Waals surface area contributed by atoms with Gasteiger partial charge in [0.1, 0.15) is 0 Å². The van der Waals surface area contributed by atoms with Gasteiger partial charge in [0.25, 0.3) is 5.91 Å². The molecule has 2 fully saturated rings. The fraction of sp³-hybridized carbons (Fsp3) is 0.667. The van der Waals surface area contributed by atoms with Gasteiger partial charge in [-0.2, -0.15) is 0 Å². The van der Waals surface area contributed by atoms with Gasteiger partial charge in [-0.3, -0.25) is 14.6 Å². The Bertz CT molecular complexity index is 660. The van der Waals surface area contributed by atoms with Crippen LogP contribution in [0, 0.1) is 5.41 Å². The maximum absolute atomic E-state index is 13.0. The lowest BCUT2D eigenvalue weighted by atomic mass is 9.73. The lowest BCUT2D eigenvalue weighted by molar-refractivity contribution is -0.139. The highest BCUT2D eigenvalue weighted by atomic mass is 16.2. The Hall–Kier alpha value is -1.91. The van der Waals surface area contributed by atoms with Gasteiger partial charge in [0.2, 0.25) is 5.91 Å². The summed E-state index contributed by atoms with van der Waals surface area (Å²) in [6, 6.07) is 3.74. The topological polar surface area (TPSA) is 53.5 Å². The van der Waals surface area contributed by atoms with E-state index >= 15 is 0 Å². The van der Waals surface area contributed by atoms with E-state index in [1.54, 1.807) is 6.20 Å². The molecule has 1 spiro atoms. The molecule has 1 unspecified atom stereocenters. The molecule has 0 aromatic carbocycles. The summed E-state index contributed by atoms with van der Waals surface area (Å²) in [6.45, 7) is 7.46. The summed E-state index contributed by atoms with van der Waals surface area (Å²) in [5.41, 5.74) is 1.77. The molecule has 2 aliphatic heterocycles. The third-order valence-corrected chi connectivity index (χ3v) is 5.90. The third-order valence-electron chi connectivity index (χ3n) is 5.90. The highest BCUT2D eigenvalue weighted by Crippen LogP contribution is 2.39. The zero-order valence-electron chi connectivity index (χ0n) is 16.2. The Labute approximate surface area is 156 Å². The van der Waals surface area contributed by atoms with Crippen molar-refractivity contribution < 1.29 is 9.59 Å². The van der Waals surface area contributed by atoms with Gasteiger partial charge in [-0.05, 0) is 44.2 Å². The number of rotatable bonds is 5. The smallest absolute Gasteiger partial charge is 0.253 e.